The van der Waals surface area contributed by atoms with Crippen molar-refractivity contribution in [1.82, 2.24) is 0 Å². The van der Waals surface area contributed by atoms with Crippen molar-refractivity contribution < 1.29 is 19.1 Å². The Labute approximate surface area is 202 Å². The summed E-state index contributed by atoms with van der Waals surface area (Å²) in [6.45, 7) is 13.1. The Kier molecular flexibility index (Phi) is 9.12. The van der Waals surface area contributed by atoms with Crippen LogP contribution < -0.4 is 0 Å². The SMILES string of the molecule is C=[C](C(=O)OC)[Sn](/[CH]=C\C(=O)OC)([CH2]C(C)(C)c1ccccc1)[CH2]C(C)(C)c1ccccc1. The molecule has 4 nitrogen and oxygen atoms in total. The first kappa shape index (κ1) is 26.9. The van der Waals surface area contributed by atoms with Gasteiger partial charge in [0, 0.05) is 0 Å². The van der Waals surface area contributed by atoms with E-state index in [0.717, 1.165) is 8.87 Å². The van der Waals surface area contributed by atoms with Gasteiger partial charge in [0.2, 0.25) is 0 Å². The predicted molar refractivity (Wildman–Crippen MR) is 137 cm³/mol. The molecule has 0 atom stereocenters. The van der Waals surface area contributed by atoms with Gasteiger partial charge in [-0.25, -0.2) is 0 Å². The van der Waals surface area contributed by atoms with E-state index < -0.39 is 30.3 Å². The number of ether oxygens (including phenoxy) is 2. The van der Waals surface area contributed by atoms with Crippen LogP contribution in [0.5, 0.6) is 0 Å². The molecule has 0 spiro atoms. The summed E-state index contributed by atoms with van der Waals surface area (Å²) in [7, 11) is 2.75. The van der Waals surface area contributed by atoms with Crippen LogP contribution in [0.2, 0.25) is 8.87 Å². The molecule has 176 valence electrons. The fraction of sp³-hybridized carbons (Fsp3) is 0.357. The topological polar surface area (TPSA) is 52.6 Å². The zero-order valence-corrected chi connectivity index (χ0v) is 23.5. The molecule has 0 N–H and O–H groups in total. The van der Waals surface area contributed by atoms with Gasteiger partial charge in [0.05, 0.1) is 0 Å². The number of carbonyl (C=O) groups is 2. The summed E-state index contributed by atoms with van der Waals surface area (Å²) >= 11 is -3.87. The zero-order valence-electron chi connectivity index (χ0n) is 20.7. The van der Waals surface area contributed by atoms with Crippen molar-refractivity contribution in [3.8, 4) is 0 Å². The average molecular weight is 555 g/mol. The van der Waals surface area contributed by atoms with E-state index in [0.29, 0.717) is 3.59 Å². The molecule has 33 heavy (non-hydrogen) atoms. The van der Waals surface area contributed by atoms with E-state index in [1.807, 2.05) is 40.5 Å². The molecule has 0 amide bonds. The van der Waals surface area contributed by atoms with Crippen LogP contribution in [0.1, 0.15) is 38.8 Å². The fourth-order valence-electron chi connectivity index (χ4n) is 4.68. The third-order valence-electron chi connectivity index (χ3n) is 6.40. The number of hydrogen-bond donors (Lipinski definition) is 0. The van der Waals surface area contributed by atoms with Gasteiger partial charge in [-0.3, -0.25) is 0 Å². The van der Waals surface area contributed by atoms with Crippen molar-refractivity contribution in [2.75, 3.05) is 14.2 Å². The first-order valence-electron chi connectivity index (χ1n) is 11.1. The van der Waals surface area contributed by atoms with E-state index >= 15 is 0 Å². The van der Waals surface area contributed by atoms with Gasteiger partial charge in [0.15, 0.2) is 0 Å². The van der Waals surface area contributed by atoms with Crippen LogP contribution in [0.4, 0.5) is 0 Å². The molecule has 0 fully saturated rings. The summed E-state index contributed by atoms with van der Waals surface area (Å²) in [6, 6.07) is 20.6. The molecule has 2 aromatic carbocycles. The third kappa shape index (κ3) is 6.82. The first-order valence-corrected chi connectivity index (χ1v) is 18.2. The molecule has 0 saturated carbocycles. The minimum atomic E-state index is -3.87. The van der Waals surface area contributed by atoms with Crippen LogP contribution in [-0.2, 0) is 29.9 Å². The fourth-order valence-corrected chi connectivity index (χ4v) is 20.4. The molecule has 0 radical (unpaired) electrons. The maximum absolute atomic E-state index is 12.9. The van der Waals surface area contributed by atoms with Crippen molar-refractivity contribution in [2.45, 2.75) is 47.4 Å². The van der Waals surface area contributed by atoms with Crippen LogP contribution >= 0.6 is 0 Å². The van der Waals surface area contributed by atoms with Crippen LogP contribution in [0.25, 0.3) is 0 Å². The molecule has 5 heteroatoms. The third-order valence-corrected chi connectivity index (χ3v) is 21.4. The number of hydrogen-bond acceptors (Lipinski definition) is 4. The van der Waals surface area contributed by atoms with E-state index in [1.54, 1.807) is 0 Å². The summed E-state index contributed by atoms with van der Waals surface area (Å²) in [5.74, 6) is -0.822. The Hall–Kier alpha value is -2.34. The second-order valence-electron chi connectivity index (χ2n) is 9.84. The number of carbonyl (C=O) groups excluding carboxylic acids is 2. The van der Waals surface area contributed by atoms with Crippen LogP contribution in [0.15, 0.2) is 81.0 Å². The Morgan fingerprint density at radius 1 is 0.818 bits per heavy atom. The molecule has 0 aliphatic heterocycles. The molecule has 2 rings (SSSR count). The van der Waals surface area contributed by atoms with Gasteiger partial charge in [-0.05, 0) is 0 Å². The molecule has 0 unspecified atom stereocenters. The summed E-state index contributed by atoms with van der Waals surface area (Å²) in [5, 5.41) is 0. The number of methoxy groups -OCH3 is 2. The van der Waals surface area contributed by atoms with Gasteiger partial charge in [-0.15, -0.1) is 0 Å². The molecule has 0 aromatic heterocycles. The average Bonchev–Trinajstić information content (AvgIpc) is 2.82. The normalized spacial score (nSPS) is 12.4. The Bertz CT molecular complexity index is 938. The quantitative estimate of drug-likeness (QED) is 0.207. The number of rotatable bonds is 10. The standard InChI is InChI=1S/2C10H13.2C4H5O2.Sn/c2*1-10(2,3)9-7-5-4-6-8-9;2*1-3-4(5)6-2;/h2*4-8H,1H2,2-3H3;1H2,2H3;1,3H,2H3;. The monoisotopic (exact) mass is 556 g/mol. The molecule has 0 aliphatic carbocycles. The number of benzene rings is 2. The Balaban J connectivity index is 2.68. The predicted octanol–water partition coefficient (Wildman–Crippen LogP) is 5.93. The van der Waals surface area contributed by atoms with Crippen molar-refractivity contribution in [3.05, 3.63) is 92.1 Å². The molecule has 2 aromatic rings. The summed E-state index contributed by atoms with van der Waals surface area (Å²) in [4.78, 5) is 25.1. The Morgan fingerprint density at radius 2 is 1.24 bits per heavy atom. The van der Waals surface area contributed by atoms with E-state index in [9.17, 15) is 9.59 Å². The molecule has 0 heterocycles. The summed E-state index contributed by atoms with van der Waals surface area (Å²) in [5.41, 5.74) is 1.91. The number of esters is 2. The van der Waals surface area contributed by atoms with Crippen molar-refractivity contribution in [2.24, 2.45) is 0 Å². The van der Waals surface area contributed by atoms with Gasteiger partial charge in [0.1, 0.15) is 0 Å². The van der Waals surface area contributed by atoms with Crippen LogP contribution in [0.3, 0.4) is 0 Å². The summed E-state index contributed by atoms with van der Waals surface area (Å²) in [6.07, 6.45) is 1.49. The van der Waals surface area contributed by atoms with Gasteiger partial charge in [-0.2, -0.15) is 0 Å². The zero-order chi connectivity index (χ0) is 24.7. The molecule has 0 bridgehead atoms. The van der Waals surface area contributed by atoms with Gasteiger partial charge in [0.25, 0.3) is 0 Å². The molecular formula is C28H36O4Sn. The van der Waals surface area contributed by atoms with Gasteiger partial charge in [-0.1, -0.05) is 0 Å². The Morgan fingerprint density at radius 3 is 1.61 bits per heavy atom. The van der Waals surface area contributed by atoms with Crippen molar-refractivity contribution in [3.63, 3.8) is 0 Å². The minimum absolute atomic E-state index is 0.235. The van der Waals surface area contributed by atoms with E-state index in [1.165, 1.54) is 31.4 Å². The van der Waals surface area contributed by atoms with Crippen molar-refractivity contribution >= 4 is 30.3 Å². The summed E-state index contributed by atoms with van der Waals surface area (Å²) < 4.78 is 14.1. The van der Waals surface area contributed by atoms with Crippen LogP contribution in [0, 0.1) is 0 Å². The molecular weight excluding hydrogens is 519 g/mol. The second-order valence-corrected chi connectivity index (χ2v) is 21.1. The van der Waals surface area contributed by atoms with Gasteiger partial charge < -0.3 is 0 Å². The maximum atomic E-state index is 12.9. The van der Waals surface area contributed by atoms with Crippen molar-refractivity contribution in [1.29, 1.82) is 0 Å². The molecule has 0 aliphatic rings. The second kappa shape index (κ2) is 11.2. The van der Waals surface area contributed by atoms with Crippen LogP contribution in [-0.4, -0.2) is 44.5 Å². The van der Waals surface area contributed by atoms with Gasteiger partial charge >= 0.3 is 203 Å². The van der Waals surface area contributed by atoms with E-state index in [2.05, 4.69) is 58.5 Å². The van der Waals surface area contributed by atoms with E-state index in [4.69, 9.17) is 9.47 Å². The van der Waals surface area contributed by atoms with E-state index in [-0.39, 0.29) is 10.8 Å². The first-order chi connectivity index (χ1) is 15.5. The molecule has 0 saturated heterocycles.